The molecule has 0 aliphatic heterocycles. The first kappa shape index (κ1) is 16.8. The second-order valence-electron chi connectivity index (χ2n) is 5.82. The Hall–Kier alpha value is -1.22. The first-order chi connectivity index (χ1) is 9.52. The Morgan fingerprint density at radius 3 is 2.55 bits per heavy atom. The summed E-state index contributed by atoms with van der Waals surface area (Å²) in [5.41, 5.74) is 1.18. The van der Waals surface area contributed by atoms with Crippen molar-refractivity contribution in [2.75, 3.05) is 20.2 Å². The molecule has 3 heteroatoms. The van der Waals surface area contributed by atoms with Crippen LogP contribution in [0.1, 0.15) is 39.2 Å². The summed E-state index contributed by atoms with van der Waals surface area (Å²) in [7, 11) is 1.68. The predicted molar refractivity (Wildman–Crippen MR) is 84.8 cm³/mol. The van der Waals surface area contributed by atoms with Crippen LogP contribution in [0, 0.1) is 12.8 Å². The molecule has 0 saturated carbocycles. The lowest BCUT2D eigenvalue weighted by atomic mass is 10.2. The smallest absolute Gasteiger partial charge is 0.161 e. The number of methoxy groups -OCH3 is 1. The minimum absolute atomic E-state index is 0.201. The molecular weight excluding hydrogens is 250 g/mol. The Labute approximate surface area is 123 Å². The van der Waals surface area contributed by atoms with Crippen molar-refractivity contribution in [2.45, 2.75) is 46.6 Å². The summed E-state index contributed by atoms with van der Waals surface area (Å²) in [6.45, 7) is 10.8. The van der Waals surface area contributed by atoms with Gasteiger partial charge in [0.15, 0.2) is 11.5 Å². The molecule has 1 aromatic carbocycles. The van der Waals surface area contributed by atoms with Crippen LogP contribution < -0.4 is 14.8 Å². The Balaban J connectivity index is 2.33. The van der Waals surface area contributed by atoms with Crippen molar-refractivity contribution in [2.24, 2.45) is 5.92 Å². The normalized spacial score (nSPS) is 12.5. The molecule has 3 nitrogen and oxygen atoms in total. The van der Waals surface area contributed by atoms with Crippen LogP contribution in [0.4, 0.5) is 0 Å². The molecule has 0 bridgehead atoms. The van der Waals surface area contributed by atoms with Crippen molar-refractivity contribution in [1.29, 1.82) is 0 Å². The van der Waals surface area contributed by atoms with Crippen LogP contribution >= 0.6 is 0 Å². The molecule has 0 aromatic heterocycles. The predicted octanol–water partition coefficient (Wildman–Crippen LogP) is 3.80. The molecule has 0 saturated heterocycles. The molecule has 0 fully saturated rings. The molecule has 0 heterocycles. The van der Waals surface area contributed by atoms with E-state index in [4.69, 9.17) is 9.47 Å². The van der Waals surface area contributed by atoms with E-state index in [1.54, 1.807) is 7.11 Å². The minimum atomic E-state index is 0.201. The highest BCUT2D eigenvalue weighted by Gasteiger charge is 2.09. The van der Waals surface area contributed by atoms with Crippen LogP contribution in [0.25, 0.3) is 0 Å². The summed E-state index contributed by atoms with van der Waals surface area (Å²) < 4.78 is 11.3. The first-order valence-corrected chi connectivity index (χ1v) is 7.55. The van der Waals surface area contributed by atoms with Crippen molar-refractivity contribution < 1.29 is 9.47 Å². The third kappa shape index (κ3) is 6.29. The quantitative estimate of drug-likeness (QED) is 0.698. The van der Waals surface area contributed by atoms with Gasteiger partial charge < -0.3 is 14.8 Å². The van der Waals surface area contributed by atoms with Gasteiger partial charge in [-0.05, 0) is 63.4 Å². The highest BCUT2D eigenvalue weighted by molar-refractivity contribution is 5.42. The molecule has 0 aliphatic rings. The SMILES string of the molecule is COc1cc(C)ccc1OC(C)CCCNCC(C)C. The standard InChI is InChI=1S/C17H29NO2/c1-13(2)12-18-10-6-7-15(4)20-16-9-8-14(3)11-17(16)19-5/h8-9,11,13,15,18H,6-7,10,12H2,1-5H3. The van der Waals surface area contributed by atoms with Crippen molar-refractivity contribution >= 4 is 0 Å². The number of rotatable bonds is 9. The van der Waals surface area contributed by atoms with Gasteiger partial charge in [-0.2, -0.15) is 0 Å². The Morgan fingerprint density at radius 2 is 1.90 bits per heavy atom. The maximum Gasteiger partial charge on any atom is 0.161 e. The summed E-state index contributed by atoms with van der Waals surface area (Å²) in [6, 6.07) is 6.04. The molecule has 114 valence electrons. The molecule has 1 unspecified atom stereocenters. The van der Waals surface area contributed by atoms with E-state index < -0.39 is 0 Å². The monoisotopic (exact) mass is 279 g/mol. The Kier molecular flexibility index (Phi) is 7.45. The summed E-state index contributed by atoms with van der Waals surface area (Å²) in [4.78, 5) is 0. The van der Waals surface area contributed by atoms with Crippen LogP contribution in [0.2, 0.25) is 0 Å². The molecule has 20 heavy (non-hydrogen) atoms. The van der Waals surface area contributed by atoms with E-state index in [1.807, 2.05) is 12.1 Å². The lowest BCUT2D eigenvalue weighted by molar-refractivity contribution is 0.198. The number of hydrogen-bond donors (Lipinski definition) is 1. The topological polar surface area (TPSA) is 30.5 Å². The zero-order chi connectivity index (χ0) is 15.0. The van der Waals surface area contributed by atoms with E-state index in [0.29, 0.717) is 5.92 Å². The van der Waals surface area contributed by atoms with Gasteiger partial charge in [0.1, 0.15) is 0 Å². The van der Waals surface area contributed by atoms with Gasteiger partial charge in [-0.1, -0.05) is 19.9 Å². The summed E-state index contributed by atoms with van der Waals surface area (Å²) >= 11 is 0. The summed E-state index contributed by atoms with van der Waals surface area (Å²) in [5, 5.41) is 3.45. The van der Waals surface area contributed by atoms with Gasteiger partial charge in [0.25, 0.3) is 0 Å². The molecule has 0 spiro atoms. The van der Waals surface area contributed by atoms with Crippen molar-refractivity contribution in [3.8, 4) is 11.5 Å². The van der Waals surface area contributed by atoms with Crippen molar-refractivity contribution in [3.05, 3.63) is 23.8 Å². The second kappa shape index (κ2) is 8.85. The lowest BCUT2D eigenvalue weighted by Crippen LogP contribution is -2.22. The average molecular weight is 279 g/mol. The number of ether oxygens (including phenoxy) is 2. The third-order valence-corrected chi connectivity index (χ3v) is 3.16. The van der Waals surface area contributed by atoms with Gasteiger partial charge in [0.05, 0.1) is 13.2 Å². The fraction of sp³-hybridized carbons (Fsp3) is 0.647. The molecule has 1 N–H and O–H groups in total. The zero-order valence-corrected chi connectivity index (χ0v) is 13.5. The highest BCUT2D eigenvalue weighted by atomic mass is 16.5. The van der Waals surface area contributed by atoms with Crippen LogP contribution in [-0.2, 0) is 0 Å². The van der Waals surface area contributed by atoms with Crippen molar-refractivity contribution in [3.63, 3.8) is 0 Å². The average Bonchev–Trinajstić information content (AvgIpc) is 2.40. The van der Waals surface area contributed by atoms with Crippen LogP contribution in [0.5, 0.6) is 11.5 Å². The van der Waals surface area contributed by atoms with E-state index in [0.717, 1.165) is 37.4 Å². The Bertz CT molecular complexity index is 391. The molecule has 1 aromatic rings. The second-order valence-corrected chi connectivity index (χ2v) is 5.82. The molecule has 0 amide bonds. The van der Waals surface area contributed by atoms with Gasteiger partial charge in [0, 0.05) is 0 Å². The minimum Gasteiger partial charge on any atom is -0.493 e. The fourth-order valence-corrected chi connectivity index (χ4v) is 2.05. The van der Waals surface area contributed by atoms with Crippen molar-refractivity contribution in [1.82, 2.24) is 5.32 Å². The van der Waals surface area contributed by atoms with Gasteiger partial charge >= 0.3 is 0 Å². The van der Waals surface area contributed by atoms with E-state index in [2.05, 4.69) is 39.1 Å². The van der Waals surface area contributed by atoms with E-state index >= 15 is 0 Å². The first-order valence-electron chi connectivity index (χ1n) is 7.55. The Morgan fingerprint density at radius 1 is 1.15 bits per heavy atom. The third-order valence-electron chi connectivity index (χ3n) is 3.16. The lowest BCUT2D eigenvalue weighted by Gasteiger charge is -2.17. The molecule has 0 aliphatic carbocycles. The maximum absolute atomic E-state index is 5.97. The van der Waals surface area contributed by atoms with Gasteiger partial charge in [-0.3, -0.25) is 0 Å². The van der Waals surface area contributed by atoms with Crippen LogP contribution in [0.3, 0.4) is 0 Å². The summed E-state index contributed by atoms with van der Waals surface area (Å²) in [6.07, 6.45) is 2.37. The van der Waals surface area contributed by atoms with E-state index in [9.17, 15) is 0 Å². The number of aryl methyl sites for hydroxylation is 1. The van der Waals surface area contributed by atoms with Gasteiger partial charge in [0.2, 0.25) is 0 Å². The maximum atomic E-state index is 5.97. The zero-order valence-electron chi connectivity index (χ0n) is 13.5. The largest absolute Gasteiger partial charge is 0.493 e. The van der Waals surface area contributed by atoms with E-state index in [-0.39, 0.29) is 6.10 Å². The fourth-order valence-electron chi connectivity index (χ4n) is 2.05. The number of benzene rings is 1. The summed E-state index contributed by atoms with van der Waals surface area (Å²) in [5.74, 6) is 2.36. The highest BCUT2D eigenvalue weighted by Crippen LogP contribution is 2.29. The molecule has 1 rings (SSSR count). The van der Waals surface area contributed by atoms with E-state index in [1.165, 1.54) is 5.56 Å². The van der Waals surface area contributed by atoms with Gasteiger partial charge in [-0.15, -0.1) is 0 Å². The number of hydrogen-bond acceptors (Lipinski definition) is 3. The molecular formula is C17H29NO2. The molecule has 0 radical (unpaired) electrons. The van der Waals surface area contributed by atoms with Crippen LogP contribution in [0.15, 0.2) is 18.2 Å². The number of nitrogens with one attached hydrogen (secondary N) is 1. The van der Waals surface area contributed by atoms with Crippen LogP contribution in [-0.4, -0.2) is 26.3 Å². The van der Waals surface area contributed by atoms with Gasteiger partial charge in [-0.25, -0.2) is 0 Å². The molecule has 1 atom stereocenters.